The monoisotopic (exact) mass is 285 g/mol. The minimum Gasteiger partial charge on any atom is -0.321 e. The van der Waals surface area contributed by atoms with E-state index in [2.05, 4.69) is 10.2 Å². The third kappa shape index (κ3) is 2.53. The highest BCUT2D eigenvalue weighted by Gasteiger charge is 2.43. The third-order valence-corrected chi connectivity index (χ3v) is 5.45. The Bertz CT molecular complexity index is 500. The van der Waals surface area contributed by atoms with Crippen molar-refractivity contribution >= 4 is 11.7 Å². The van der Waals surface area contributed by atoms with Crippen LogP contribution in [0.3, 0.4) is 0 Å². The van der Waals surface area contributed by atoms with E-state index >= 15 is 0 Å². The third-order valence-electron chi connectivity index (χ3n) is 5.45. The molecule has 1 aromatic rings. The molecule has 3 aliphatic rings. The van der Waals surface area contributed by atoms with E-state index in [1.54, 1.807) is 0 Å². The topological polar surface area (TPSA) is 35.6 Å². The summed E-state index contributed by atoms with van der Waals surface area (Å²) in [4.78, 5) is 16.7. The standard InChI is InChI=1S/C17H23N3O/c21-17(18-15-7-2-1-3-8-15)20-11-16(12-20)19-9-13-5-4-6-14(13)10-19/h1-3,7-8,13-14,16H,4-6,9-12H2,(H,18,21). The van der Waals surface area contributed by atoms with Gasteiger partial charge in [-0.15, -0.1) is 0 Å². The second-order valence-electron chi connectivity index (χ2n) is 6.76. The molecule has 0 aromatic heterocycles. The van der Waals surface area contributed by atoms with E-state index in [1.165, 1.54) is 32.4 Å². The lowest BCUT2D eigenvalue weighted by Gasteiger charge is -2.44. The van der Waals surface area contributed by atoms with E-state index in [-0.39, 0.29) is 6.03 Å². The van der Waals surface area contributed by atoms with Gasteiger partial charge in [-0.25, -0.2) is 4.79 Å². The van der Waals surface area contributed by atoms with Gasteiger partial charge in [-0.3, -0.25) is 4.90 Å². The van der Waals surface area contributed by atoms with Gasteiger partial charge in [-0.1, -0.05) is 24.6 Å². The number of hydrogen-bond acceptors (Lipinski definition) is 2. The van der Waals surface area contributed by atoms with Crippen molar-refractivity contribution in [2.45, 2.75) is 25.3 Å². The second kappa shape index (κ2) is 5.34. The maximum Gasteiger partial charge on any atom is 0.321 e. The Kier molecular flexibility index (Phi) is 3.34. The molecule has 4 nitrogen and oxygen atoms in total. The molecule has 4 rings (SSSR count). The zero-order valence-electron chi connectivity index (χ0n) is 12.4. The summed E-state index contributed by atoms with van der Waals surface area (Å²) in [5.41, 5.74) is 0.877. The minimum atomic E-state index is 0.0387. The number of urea groups is 1. The molecule has 2 unspecified atom stereocenters. The molecule has 1 aromatic carbocycles. The molecule has 1 N–H and O–H groups in total. The summed E-state index contributed by atoms with van der Waals surface area (Å²) in [5, 5.41) is 2.96. The van der Waals surface area contributed by atoms with Crippen LogP contribution >= 0.6 is 0 Å². The van der Waals surface area contributed by atoms with Crippen LogP contribution in [0, 0.1) is 11.8 Å². The number of rotatable bonds is 2. The van der Waals surface area contributed by atoms with Gasteiger partial charge in [0, 0.05) is 37.9 Å². The first kappa shape index (κ1) is 13.1. The Morgan fingerprint density at radius 3 is 2.33 bits per heavy atom. The van der Waals surface area contributed by atoms with Crippen molar-refractivity contribution in [3.05, 3.63) is 30.3 Å². The molecule has 4 heteroatoms. The summed E-state index contributed by atoms with van der Waals surface area (Å²) in [5.74, 6) is 1.88. The molecule has 2 saturated heterocycles. The molecule has 3 fully saturated rings. The number of hydrogen-bond donors (Lipinski definition) is 1. The van der Waals surface area contributed by atoms with Crippen molar-refractivity contribution in [3.63, 3.8) is 0 Å². The average Bonchev–Trinajstić information content (AvgIpc) is 2.99. The van der Waals surface area contributed by atoms with Crippen LogP contribution in [0.5, 0.6) is 0 Å². The predicted octanol–water partition coefficient (Wildman–Crippen LogP) is 2.63. The summed E-state index contributed by atoms with van der Waals surface area (Å²) in [6.45, 7) is 4.31. The lowest BCUT2D eigenvalue weighted by atomic mass is 10.0. The molecule has 1 aliphatic carbocycles. The molecule has 2 amide bonds. The van der Waals surface area contributed by atoms with Crippen LogP contribution in [-0.4, -0.2) is 48.1 Å². The van der Waals surface area contributed by atoms with Crippen LogP contribution < -0.4 is 5.32 Å². The smallest absolute Gasteiger partial charge is 0.321 e. The van der Waals surface area contributed by atoms with Gasteiger partial charge in [0.2, 0.25) is 0 Å². The number of anilines is 1. The first-order chi connectivity index (χ1) is 10.3. The summed E-state index contributed by atoms with van der Waals surface area (Å²) in [7, 11) is 0. The first-order valence-corrected chi connectivity index (χ1v) is 8.14. The number of likely N-dealkylation sites (tertiary alicyclic amines) is 2. The van der Waals surface area contributed by atoms with Crippen LogP contribution in [0.2, 0.25) is 0 Å². The molecule has 0 bridgehead atoms. The van der Waals surface area contributed by atoms with Gasteiger partial charge in [0.1, 0.15) is 0 Å². The largest absolute Gasteiger partial charge is 0.321 e. The van der Waals surface area contributed by atoms with E-state index in [4.69, 9.17) is 0 Å². The van der Waals surface area contributed by atoms with Gasteiger partial charge < -0.3 is 10.2 Å². The van der Waals surface area contributed by atoms with Crippen molar-refractivity contribution < 1.29 is 4.79 Å². The molecule has 21 heavy (non-hydrogen) atoms. The lowest BCUT2D eigenvalue weighted by Crippen LogP contribution is -2.61. The Labute approximate surface area is 126 Å². The maximum atomic E-state index is 12.1. The van der Waals surface area contributed by atoms with Gasteiger partial charge in [-0.2, -0.15) is 0 Å². The van der Waals surface area contributed by atoms with Crippen molar-refractivity contribution in [3.8, 4) is 0 Å². The molecule has 112 valence electrons. The zero-order valence-corrected chi connectivity index (χ0v) is 12.4. The molecule has 0 spiro atoms. The fourth-order valence-electron chi connectivity index (χ4n) is 4.15. The van der Waals surface area contributed by atoms with Crippen molar-refractivity contribution in [1.29, 1.82) is 0 Å². The van der Waals surface area contributed by atoms with Gasteiger partial charge in [0.25, 0.3) is 0 Å². The van der Waals surface area contributed by atoms with Gasteiger partial charge >= 0.3 is 6.03 Å². The SMILES string of the molecule is O=C(Nc1ccccc1)N1CC(N2CC3CCCC3C2)C1. The van der Waals surface area contributed by atoms with E-state index < -0.39 is 0 Å². The summed E-state index contributed by atoms with van der Waals surface area (Å²) in [6.07, 6.45) is 4.28. The van der Waals surface area contributed by atoms with Crippen molar-refractivity contribution in [2.24, 2.45) is 11.8 Å². The van der Waals surface area contributed by atoms with Crippen LogP contribution in [0.15, 0.2) is 30.3 Å². The number of fused-ring (bicyclic) bond motifs is 1. The molecule has 2 aliphatic heterocycles. The van der Waals surface area contributed by atoms with Gasteiger partial charge in [-0.05, 0) is 36.8 Å². The fraction of sp³-hybridized carbons (Fsp3) is 0.588. The molecule has 2 heterocycles. The average molecular weight is 285 g/mol. The Hall–Kier alpha value is -1.55. The summed E-state index contributed by atoms with van der Waals surface area (Å²) < 4.78 is 0. The van der Waals surface area contributed by atoms with Crippen LogP contribution in [0.25, 0.3) is 0 Å². The number of carbonyl (C=O) groups excluding carboxylic acids is 1. The number of para-hydroxylation sites is 1. The van der Waals surface area contributed by atoms with Gasteiger partial charge in [0.05, 0.1) is 0 Å². The minimum absolute atomic E-state index is 0.0387. The fourth-order valence-corrected chi connectivity index (χ4v) is 4.15. The molecule has 0 radical (unpaired) electrons. The van der Waals surface area contributed by atoms with Crippen LogP contribution in [-0.2, 0) is 0 Å². The normalized spacial score (nSPS) is 29.2. The lowest BCUT2D eigenvalue weighted by molar-refractivity contribution is 0.0722. The second-order valence-corrected chi connectivity index (χ2v) is 6.76. The van der Waals surface area contributed by atoms with Crippen molar-refractivity contribution in [2.75, 3.05) is 31.5 Å². The number of nitrogens with one attached hydrogen (secondary N) is 1. The number of benzene rings is 1. The predicted molar refractivity (Wildman–Crippen MR) is 83.2 cm³/mol. The number of carbonyl (C=O) groups is 1. The Morgan fingerprint density at radius 2 is 1.67 bits per heavy atom. The first-order valence-electron chi connectivity index (χ1n) is 8.14. The van der Waals surface area contributed by atoms with Gasteiger partial charge in [0.15, 0.2) is 0 Å². The number of nitrogens with zero attached hydrogens (tertiary/aromatic N) is 2. The number of amides is 2. The maximum absolute atomic E-state index is 12.1. The Morgan fingerprint density at radius 1 is 1.00 bits per heavy atom. The molecule has 2 atom stereocenters. The van der Waals surface area contributed by atoms with Crippen LogP contribution in [0.4, 0.5) is 10.5 Å². The van der Waals surface area contributed by atoms with E-state index in [0.717, 1.165) is 30.6 Å². The molecular weight excluding hydrogens is 262 g/mol. The quantitative estimate of drug-likeness (QED) is 0.906. The zero-order chi connectivity index (χ0) is 14.2. The van der Waals surface area contributed by atoms with E-state index in [1.807, 2.05) is 35.2 Å². The van der Waals surface area contributed by atoms with Crippen LogP contribution in [0.1, 0.15) is 19.3 Å². The highest BCUT2D eigenvalue weighted by Crippen LogP contribution is 2.39. The molecule has 1 saturated carbocycles. The Balaban J connectivity index is 1.26. The van der Waals surface area contributed by atoms with E-state index in [9.17, 15) is 4.79 Å². The summed E-state index contributed by atoms with van der Waals surface area (Å²) in [6, 6.07) is 10.3. The van der Waals surface area contributed by atoms with Crippen molar-refractivity contribution in [1.82, 2.24) is 9.80 Å². The molecular formula is C17H23N3O. The van der Waals surface area contributed by atoms with E-state index in [0.29, 0.717) is 6.04 Å². The highest BCUT2D eigenvalue weighted by molar-refractivity contribution is 5.89. The highest BCUT2D eigenvalue weighted by atomic mass is 16.2. The summed E-state index contributed by atoms with van der Waals surface area (Å²) >= 11 is 0.